The van der Waals surface area contributed by atoms with Gasteiger partial charge in [-0.25, -0.2) is 4.98 Å². The van der Waals surface area contributed by atoms with Crippen LogP contribution in [0.3, 0.4) is 0 Å². The van der Waals surface area contributed by atoms with Crippen LogP contribution in [0.1, 0.15) is 27.1 Å². The van der Waals surface area contributed by atoms with E-state index in [1.807, 2.05) is 6.20 Å². The standard InChI is InChI=1S/C14H19N3S/c1-10-3-5-12(6-4-10)13(15)8-16-9-14-17-7-11(2)18-14/h3-7,13,16H,8-9,15H2,1-2H3. The van der Waals surface area contributed by atoms with Gasteiger partial charge in [0.05, 0.1) is 0 Å². The first-order valence-electron chi connectivity index (χ1n) is 6.09. The number of rotatable bonds is 5. The summed E-state index contributed by atoms with van der Waals surface area (Å²) in [6.45, 7) is 5.71. The molecule has 18 heavy (non-hydrogen) atoms. The largest absolute Gasteiger partial charge is 0.323 e. The molecule has 2 rings (SSSR count). The van der Waals surface area contributed by atoms with Gasteiger partial charge in [0.1, 0.15) is 5.01 Å². The third kappa shape index (κ3) is 3.63. The van der Waals surface area contributed by atoms with Crippen molar-refractivity contribution in [2.24, 2.45) is 5.73 Å². The Morgan fingerprint density at radius 1 is 1.28 bits per heavy atom. The average molecular weight is 261 g/mol. The summed E-state index contributed by atoms with van der Waals surface area (Å²) in [5.41, 5.74) is 8.57. The van der Waals surface area contributed by atoms with Crippen molar-refractivity contribution in [1.82, 2.24) is 10.3 Å². The molecule has 0 aliphatic carbocycles. The normalized spacial score (nSPS) is 12.6. The molecular weight excluding hydrogens is 242 g/mol. The van der Waals surface area contributed by atoms with E-state index >= 15 is 0 Å². The zero-order valence-electron chi connectivity index (χ0n) is 10.8. The number of benzene rings is 1. The number of aromatic nitrogens is 1. The molecule has 1 aromatic heterocycles. The number of nitrogens with zero attached hydrogens (tertiary/aromatic N) is 1. The second kappa shape index (κ2) is 6.09. The van der Waals surface area contributed by atoms with Gasteiger partial charge in [0.25, 0.3) is 0 Å². The molecule has 0 spiro atoms. The molecule has 1 heterocycles. The molecule has 2 aromatic rings. The Labute approximate surface area is 112 Å². The molecule has 0 bridgehead atoms. The molecule has 1 atom stereocenters. The maximum Gasteiger partial charge on any atom is 0.107 e. The lowest BCUT2D eigenvalue weighted by atomic mass is 10.1. The van der Waals surface area contributed by atoms with Crippen LogP contribution in [0, 0.1) is 13.8 Å². The highest BCUT2D eigenvalue weighted by Crippen LogP contribution is 2.12. The molecule has 0 saturated carbocycles. The molecule has 3 nitrogen and oxygen atoms in total. The molecule has 4 heteroatoms. The van der Waals surface area contributed by atoms with Crippen molar-refractivity contribution < 1.29 is 0 Å². The lowest BCUT2D eigenvalue weighted by Crippen LogP contribution is -2.26. The SMILES string of the molecule is Cc1ccc(C(N)CNCc2ncc(C)s2)cc1. The third-order valence-electron chi connectivity index (χ3n) is 2.82. The molecule has 1 aromatic carbocycles. The maximum absolute atomic E-state index is 6.13. The van der Waals surface area contributed by atoms with Crippen LogP contribution >= 0.6 is 11.3 Å². The van der Waals surface area contributed by atoms with Gasteiger partial charge in [-0.3, -0.25) is 0 Å². The molecule has 3 N–H and O–H groups in total. The summed E-state index contributed by atoms with van der Waals surface area (Å²) in [5, 5.41) is 4.47. The number of nitrogens with one attached hydrogen (secondary N) is 1. The molecule has 1 unspecified atom stereocenters. The summed E-state index contributed by atoms with van der Waals surface area (Å²) in [7, 11) is 0. The first-order valence-corrected chi connectivity index (χ1v) is 6.91. The van der Waals surface area contributed by atoms with E-state index in [4.69, 9.17) is 5.73 Å². The summed E-state index contributed by atoms with van der Waals surface area (Å²) < 4.78 is 0. The van der Waals surface area contributed by atoms with E-state index in [-0.39, 0.29) is 6.04 Å². The first kappa shape index (κ1) is 13.2. The van der Waals surface area contributed by atoms with Crippen molar-refractivity contribution >= 4 is 11.3 Å². The van der Waals surface area contributed by atoms with Crippen LogP contribution in [0.2, 0.25) is 0 Å². The van der Waals surface area contributed by atoms with Crippen LogP contribution in [-0.4, -0.2) is 11.5 Å². The fourth-order valence-electron chi connectivity index (χ4n) is 1.75. The highest BCUT2D eigenvalue weighted by Gasteiger charge is 2.05. The van der Waals surface area contributed by atoms with E-state index in [0.717, 1.165) is 18.1 Å². The van der Waals surface area contributed by atoms with Gasteiger partial charge in [-0.05, 0) is 19.4 Å². The lowest BCUT2D eigenvalue weighted by Gasteiger charge is -2.12. The van der Waals surface area contributed by atoms with Gasteiger partial charge in [0.15, 0.2) is 0 Å². The zero-order chi connectivity index (χ0) is 13.0. The van der Waals surface area contributed by atoms with Gasteiger partial charge in [0.2, 0.25) is 0 Å². The molecule has 0 aliphatic rings. The van der Waals surface area contributed by atoms with Crippen molar-refractivity contribution in [3.05, 3.63) is 51.5 Å². The number of nitrogens with two attached hydrogens (primary N) is 1. The van der Waals surface area contributed by atoms with Crippen molar-refractivity contribution in [3.8, 4) is 0 Å². The van der Waals surface area contributed by atoms with E-state index in [9.17, 15) is 0 Å². The second-order valence-corrected chi connectivity index (χ2v) is 5.83. The van der Waals surface area contributed by atoms with Crippen LogP contribution in [-0.2, 0) is 6.54 Å². The van der Waals surface area contributed by atoms with Gasteiger partial charge < -0.3 is 11.1 Å². The summed E-state index contributed by atoms with van der Waals surface area (Å²) >= 11 is 1.72. The highest BCUT2D eigenvalue weighted by molar-refractivity contribution is 7.11. The van der Waals surface area contributed by atoms with Gasteiger partial charge >= 0.3 is 0 Å². The lowest BCUT2D eigenvalue weighted by molar-refractivity contribution is 0.597. The predicted molar refractivity (Wildman–Crippen MR) is 76.7 cm³/mol. The van der Waals surface area contributed by atoms with Crippen LogP contribution in [0.25, 0.3) is 0 Å². The second-order valence-electron chi connectivity index (χ2n) is 4.51. The van der Waals surface area contributed by atoms with Gasteiger partial charge in [-0.2, -0.15) is 0 Å². The zero-order valence-corrected chi connectivity index (χ0v) is 11.6. The quantitative estimate of drug-likeness (QED) is 0.869. The van der Waals surface area contributed by atoms with Crippen molar-refractivity contribution in [1.29, 1.82) is 0 Å². The smallest absolute Gasteiger partial charge is 0.107 e. The van der Waals surface area contributed by atoms with Crippen molar-refractivity contribution in [2.45, 2.75) is 26.4 Å². The summed E-state index contributed by atoms with van der Waals surface area (Å²) in [4.78, 5) is 5.56. The van der Waals surface area contributed by atoms with Crippen LogP contribution in [0.5, 0.6) is 0 Å². The Morgan fingerprint density at radius 2 is 2.00 bits per heavy atom. The Bertz CT molecular complexity index is 490. The minimum absolute atomic E-state index is 0.0339. The van der Waals surface area contributed by atoms with E-state index in [1.165, 1.54) is 16.0 Å². The van der Waals surface area contributed by atoms with E-state index < -0.39 is 0 Å². The maximum atomic E-state index is 6.13. The number of thiazole rings is 1. The Balaban J connectivity index is 1.81. The van der Waals surface area contributed by atoms with Crippen LogP contribution < -0.4 is 11.1 Å². The molecule has 0 aliphatic heterocycles. The summed E-state index contributed by atoms with van der Waals surface area (Å²) in [5.74, 6) is 0. The number of hydrogen-bond acceptors (Lipinski definition) is 4. The monoisotopic (exact) mass is 261 g/mol. The Hall–Kier alpha value is -1.23. The minimum atomic E-state index is 0.0339. The molecular formula is C14H19N3S. The van der Waals surface area contributed by atoms with Crippen LogP contribution in [0.15, 0.2) is 30.5 Å². The molecule has 0 saturated heterocycles. The van der Waals surface area contributed by atoms with E-state index in [0.29, 0.717) is 0 Å². The molecule has 0 amide bonds. The highest BCUT2D eigenvalue weighted by atomic mass is 32.1. The van der Waals surface area contributed by atoms with E-state index in [1.54, 1.807) is 11.3 Å². The fraction of sp³-hybridized carbons (Fsp3) is 0.357. The molecule has 0 radical (unpaired) electrons. The topological polar surface area (TPSA) is 50.9 Å². The predicted octanol–water partition coefficient (Wildman–Crippen LogP) is 2.55. The fourth-order valence-corrected chi connectivity index (χ4v) is 2.51. The van der Waals surface area contributed by atoms with E-state index in [2.05, 4.69) is 48.4 Å². The van der Waals surface area contributed by atoms with Gasteiger partial charge in [-0.1, -0.05) is 29.8 Å². The minimum Gasteiger partial charge on any atom is -0.323 e. The molecule has 0 fully saturated rings. The van der Waals surface area contributed by atoms with Crippen LogP contribution in [0.4, 0.5) is 0 Å². The van der Waals surface area contributed by atoms with Crippen molar-refractivity contribution in [2.75, 3.05) is 6.54 Å². The number of hydrogen-bond donors (Lipinski definition) is 2. The third-order valence-corrected chi connectivity index (χ3v) is 3.73. The number of aryl methyl sites for hydroxylation is 2. The van der Waals surface area contributed by atoms with Crippen molar-refractivity contribution in [3.63, 3.8) is 0 Å². The average Bonchev–Trinajstić information content (AvgIpc) is 2.76. The van der Waals surface area contributed by atoms with Gasteiger partial charge in [0, 0.05) is 30.2 Å². The summed E-state index contributed by atoms with van der Waals surface area (Å²) in [6, 6.07) is 8.41. The van der Waals surface area contributed by atoms with Gasteiger partial charge in [-0.15, -0.1) is 11.3 Å². The first-order chi connectivity index (χ1) is 8.65. The summed E-state index contributed by atoms with van der Waals surface area (Å²) in [6.07, 6.45) is 1.90. The Kier molecular flexibility index (Phi) is 4.47. The Morgan fingerprint density at radius 3 is 2.61 bits per heavy atom. The molecule has 96 valence electrons.